The summed E-state index contributed by atoms with van der Waals surface area (Å²) in [5, 5.41) is 9.62. The molecule has 0 aromatic heterocycles. The van der Waals surface area contributed by atoms with Crippen LogP contribution in [0.2, 0.25) is 0 Å². The van der Waals surface area contributed by atoms with E-state index in [1.54, 1.807) is 20.8 Å². The van der Waals surface area contributed by atoms with Gasteiger partial charge >= 0.3 is 6.18 Å². The second kappa shape index (κ2) is 4.26. The average Bonchev–Trinajstić information content (AvgIpc) is 2.13. The van der Waals surface area contributed by atoms with Gasteiger partial charge in [-0.25, -0.2) is 0 Å². The van der Waals surface area contributed by atoms with E-state index in [1.807, 2.05) is 0 Å². The predicted octanol–water partition coefficient (Wildman–Crippen LogP) is 3.09. The minimum atomic E-state index is -4.65. The van der Waals surface area contributed by atoms with E-state index in [0.717, 1.165) is 0 Å². The van der Waals surface area contributed by atoms with Gasteiger partial charge in [0.1, 0.15) is 5.78 Å². The molecule has 2 nitrogen and oxygen atoms in total. The zero-order valence-corrected chi connectivity index (χ0v) is 10.4. The molecule has 1 fully saturated rings. The summed E-state index contributed by atoms with van der Waals surface area (Å²) in [7, 11) is 0. The number of aliphatic hydroxyl groups is 1. The Labute approximate surface area is 99.2 Å². The molecule has 0 aliphatic heterocycles. The lowest BCUT2D eigenvalue weighted by atomic mass is 9.71. The van der Waals surface area contributed by atoms with Gasteiger partial charge in [-0.05, 0) is 25.7 Å². The molecule has 5 heteroatoms. The number of Topliss-reactive ketones (excluding diaryl/α,β-unsaturated/α-hetero) is 1. The molecular formula is C12H19F3O2. The van der Waals surface area contributed by atoms with Crippen LogP contribution in [0.25, 0.3) is 0 Å². The third kappa shape index (κ3) is 3.00. The van der Waals surface area contributed by atoms with Crippen LogP contribution < -0.4 is 0 Å². The van der Waals surface area contributed by atoms with Crippen LogP contribution in [0.5, 0.6) is 0 Å². The van der Waals surface area contributed by atoms with Crippen molar-refractivity contribution in [2.75, 3.05) is 0 Å². The highest BCUT2D eigenvalue weighted by atomic mass is 19.4. The van der Waals surface area contributed by atoms with E-state index >= 15 is 0 Å². The van der Waals surface area contributed by atoms with Crippen molar-refractivity contribution in [3.63, 3.8) is 0 Å². The van der Waals surface area contributed by atoms with Gasteiger partial charge in [-0.15, -0.1) is 0 Å². The van der Waals surface area contributed by atoms with Gasteiger partial charge in [0.25, 0.3) is 0 Å². The highest BCUT2D eigenvalue weighted by Gasteiger charge is 2.56. The second-order valence-corrected chi connectivity index (χ2v) is 5.94. The normalized spacial score (nSPS) is 31.4. The lowest BCUT2D eigenvalue weighted by Gasteiger charge is -2.39. The van der Waals surface area contributed by atoms with Crippen molar-refractivity contribution >= 4 is 5.78 Å². The minimum absolute atomic E-state index is 0.195. The van der Waals surface area contributed by atoms with Crippen molar-refractivity contribution in [1.82, 2.24) is 0 Å². The zero-order chi connectivity index (χ0) is 13.5. The topological polar surface area (TPSA) is 37.3 Å². The third-order valence-corrected chi connectivity index (χ3v) is 3.36. The fraction of sp³-hybridized carbons (Fsp3) is 0.917. The van der Waals surface area contributed by atoms with Crippen molar-refractivity contribution in [1.29, 1.82) is 0 Å². The number of rotatable bonds is 1. The monoisotopic (exact) mass is 252 g/mol. The Balaban J connectivity index is 2.84. The van der Waals surface area contributed by atoms with Gasteiger partial charge in [0.2, 0.25) is 0 Å². The van der Waals surface area contributed by atoms with Crippen LogP contribution in [0.1, 0.15) is 46.5 Å². The Morgan fingerprint density at radius 1 is 1.29 bits per heavy atom. The van der Waals surface area contributed by atoms with E-state index in [2.05, 4.69) is 0 Å². The molecule has 0 saturated heterocycles. The van der Waals surface area contributed by atoms with Gasteiger partial charge < -0.3 is 5.11 Å². The molecular weight excluding hydrogens is 233 g/mol. The predicted molar refractivity (Wildman–Crippen MR) is 57.4 cm³/mol. The molecule has 1 rings (SSSR count). The smallest absolute Gasteiger partial charge is 0.380 e. The molecule has 2 atom stereocenters. The number of hydrogen-bond donors (Lipinski definition) is 1. The van der Waals surface area contributed by atoms with Crippen LogP contribution >= 0.6 is 0 Å². The number of alkyl halides is 3. The number of ketones is 1. The molecule has 0 heterocycles. The highest BCUT2D eigenvalue weighted by molar-refractivity contribution is 5.86. The molecule has 1 saturated carbocycles. The summed E-state index contributed by atoms with van der Waals surface area (Å²) in [6.45, 7) is 5.07. The summed E-state index contributed by atoms with van der Waals surface area (Å²) in [5.41, 5.74) is -3.34. The van der Waals surface area contributed by atoms with E-state index in [9.17, 15) is 23.1 Å². The van der Waals surface area contributed by atoms with Gasteiger partial charge in [0.05, 0.1) is 0 Å². The van der Waals surface area contributed by atoms with Gasteiger partial charge in [-0.1, -0.05) is 20.8 Å². The molecule has 100 valence electrons. The maximum atomic E-state index is 12.7. The molecule has 0 unspecified atom stereocenters. The van der Waals surface area contributed by atoms with Crippen LogP contribution in [-0.4, -0.2) is 22.7 Å². The molecule has 0 spiro atoms. The van der Waals surface area contributed by atoms with Gasteiger partial charge in [-0.3, -0.25) is 4.79 Å². The quantitative estimate of drug-likeness (QED) is 0.778. The summed E-state index contributed by atoms with van der Waals surface area (Å²) < 4.78 is 38.1. The Morgan fingerprint density at radius 3 is 2.24 bits per heavy atom. The Morgan fingerprint density at radius 2 is 1.82 bits per heavy atom. The zero-order valence-electron chi connectivity index (χ0n) is 10.4. The first kappa shape index (κ1) is 14.5. The van der Waals surface area contributed by atoms with E-state index in [1.165, 1.54) is 0 Å². The van der Waals surface area contributed by atoms with Crippen LogP contribution in [0.15, 0.2) is 0 Å². The highest BCUT2D eigenvalue weighted by Crippen LogP contribution is 2.45. The van der Waals surface area contributed by atoms with Crippen molar-refractivity contribution in [3.8, 4) is 0 Å². The summed E-state index contributed by atoms with van der Waals surface area (Å²) in [6, 6.07) is 0. The first-order chi connectivity index (χ1) is 7.47. The molecule has 1 N–H and O–H groups in total. The van der Waals surface area contributed by atoms with Crippen LogP contribution in [0, 0.1) is 11.3 Å². The van der Waals surface area contributed by atoms with Crippen molar-refractivity contribution in [2.45, 2.75) is 58.2 Å². The van der Waals surface area contributed by atoms with Crippen molar-refractivity contribution in [3.05, 3.63) is 0 Å². The number of carbonyl (C=O) groups excluding carboxylic acids is 1. The molecule has 17 heavy (non-hydrogen) atoms. The van der Waals surface area contributed by atoms with Crippen molar-refractivity contribution in [2.24, 2.45) is 11.3 Å². The van der Waals surface area contributed by atoms with Crippen LogP contribution in [0.4, 0.5) is 13.2 Å². The van der Waals surface area contributed by atoms with E-state index in [0.29, 0.717) is 6.42 Å². The largest absolute Gasteiger partial charge is 0.417 e. The Kier molecular flexibility index (Phi) is 3.63. The minimum Gasteiger partial charge on any atom is -0.380 e. The summed E-state index contributed by atoms with van der Waals surface area (Å²) in [4.78, 5) is 12.0. The van der Waals surface area contributed by atoms with E-state index in [4.69, 9.17) is 0 Å². The summed E-state index contributed by atoms with van der Waals surface area (Å²) in [5.74, 6) is -0.879. The van der Waals surface area contributed by atoms with Gasteiger partial charge in [0.15, 0.2) is 5.60 Å². The fourth-order valence-corrected chi connectivity index (χ4v) is 2.35. The lowest BCUT2D eigenvalue weighted by molar-refractivity contribution is -0.273. The SMILES string of the molecule is CC(C)(C)C(=O)[C@@H]1CCC[C@](O)(C(F)(F)F)C1. The number of halogens is 3. The number of carbonyl (C=O) groups is 1. The molecule has 1 aliphatic carbocycles. The van der Waals surface area contributed by atoms with Crippen molar-refractivity contribution < 1.29 is 23.1 Å². The molecule has 0 aromatic rings. The summed E-state index contributed by atoms with van der Waals surface area (Å²) >= 11 is 0. The fourth-order valence-electron chi connectivity index (χ4n) is 2.35. The van der Waals surface area contributed by atoms with Gasteiger partial charge in [0, 0.05) is 11.3 Å². The molecule has 0 bridgehead atoms. The van der Waals surface area contributed by atoms with E-state index in [-0.39, 0.29) is 18.6 Å². The van der Waals surface area contributed by atoms with Gasteiger partial charge in [-0.2, -0.15) is 13.2 Å². The molecule has 0 amide bonds. The molecule has 0 aromatic carbocycles. The standard InChI is InChI=1S/C12H19F3O2/c1-10(2,3)9(16)8-5-4-6-11(17,7-8)12(13,14)15/h8,17H,4-7H2,1-3H3/t8-,11-/m1/s1. The Hall–Kier alpha value is -0.580. The second-order valence-electron chi connectivity index (χ2n) is 5.94. The number of hydrogen-bond acceptors (Lipinski definition) is 2. The molecule has 0 radical (unpaired) electrons. The summed E-state index contributed by atoms with van der Waals surface area (Å²) in [6.07, 6.45) is -4.77. The maximum Gasteiger partial charge on any atom is 0.417 e. The van der Waals surface area contributed by atoms with Crippen LogP contribution in [-0.2, 0) is 4.79 Å². The van der Waals surface area contributed by atoms with E-state index < -0.39 is 29.5 Å². The maximum absolute atomic E-state index is 12.7. The molecule has 1 aliphatic rings. The first-order valence-corrected chi connectivity index (χ1v) is 5.81. The third-order valence-electron chi connectivity index (χ3n) is 3.36. The first-order valence-electron chi connectivity index (χ1n) is 5.81. The lowest BCUT2D eigenvalue weighted by Crippen LogP contribution is -2.50. The average molecular weight is 252 g/mol. The van der Waals surface area contributed by atoms with Crippen LogP contribution in [0.3, 0.4) is 0 Å². The Bertz CT molecular complexity index is 304.